The van der Waals surface area contributed by atoms with E-state index in [-0.39, 0.29) is 0 Å². The van der Waals surface area contributed by atoms with E-state index in [1.807, 2.05) is 0 Å². The van der Waals surface area contributed by atoms with Crippen LogP contribution in [0.1, 0.15) is 32.6 Å². The second-order valence-electron chi connectivity index (χ2n) is 3.24. The molecule has 1 aliphatic carbocycles. The standard InChI is InChI=1S/C8H14O/c1-2-6-4-3-5-7-8(6)9-7/h6-8H,2-5H2,1H3/t6-,7-,8-/m1/s1. The minimum atomic E-state index is 0.684. The fraction of sp³-hybridized carbons (Fsp3) is 1.00. The lowest BCUT2D eigenvalue weighted by Crippen LogP contribution is -2.14. The number of epoxide rings is 1. The van der Waals surface area contributed by atoms with Crippen molar-refractivity contribution in [1.82, 2.24) is 0 Å². The Bertz CT molecular complexity index is 111. The van der Waals surface area contributed by atoms with Gasteiger partial charge in [0.1, 0.15) is 0 Å². The molecule has 0 bridgehead atoms. The van der Waals surface area contributed by atoms with E-state index in [2.05, 4.69) is 6.92 Å². The number of fused-ring (bicyclic) bond motifs is 1. The fourth-order valence-corrected chi connectivity index (χ4v) is 1.99. The summed E-state index contributed by atoms with van der Waals surface area (Å²) in [6, 6.07) is 0. The Morgan fingerprint density at radius 3 is 3.00 bits per heavy atom. The topological polar surface area (TPSA) is 12.5 Å². The highest BCUT2D eigenvalue weighted by Gasteiger charge is 2.45. The number of hydrogen-bond acceptors (Lipinski definition) is 1. The minimum absolute atomic E-state index is 0.684. The molecule has 52 valence electrons. The summed E-state index contributed by atoms with van der Waals surface area (Å²) >= 11 is 0. The zero-order valence-electron chi connectivity index (χ0n) is 5.97. The van der Waals surface area contributed by atoms with Gasteiger partial charge in [-0.15, -0.1) is 0 Å². The van der Waals surface area contributed by atoms with Crippen LogP contribution in [0, 0.1) is 5.92 Å². The lowest BCUT2D eigenvalue weighted by molar-refractivity contribution is 0.315. The Hall–Kier alpha value is -0.0400. The molecule has 0 N–H and O–H groups in total. The van der Waals surface area contributed by atoms with E-state index < -0.39 is 0 Å². The van der Waals surface area contributed by atoms with Crippen molar-refractivity contribution in [3.63, 3.8) is 0 Å². The van der Waals surface area contributed by atoms with E-state index in [1.54, 1.807) is 0 Å². The van der Waals surface area contributed by atoms with E-state index in [1.165, 1.54) is 25.7 Å². The van der Waals surface area contributed by atoms with Crippen LogP contribution in [0.15, 0.2) is 0 Å². The maximum atomic E-state index is 5.48. The Kier molecular flexibility index (Phi) is 1.26. The van der Waals surface area contributed by atoms with Crippen molar-refractivity contribution in [1.29, 1.82) is 0 Å². The van der Waals surface area contributed by atoms with Crippen molar-refractivity contribution in [2.24, 2.45) is 5.92 Å². The van der Waals surface area contributed by atoms with Gasteiger partial charge in [-0.3, -0.25) is 0 Å². The average Bonchev–Trinajstić information content (AvgIpc) is 2.64. The maximum absolute atomic E-state index is 5.48. The summed E-state index contributed by atoms with van der Waals surface area (Å²) in [7, 11) is 0. The molecule has 1 heteroatoms. The molecule has 1 saturated heterocycles. The van der Waals surface area contributed by atoms with Gasteiger partial charge in [0.05, 0.1) is 12.2 Å². The van der Waals surface area contributed by atoms with Gasteiger partial charge in [-0.1, -0.05) is 19.8 Å². The normalized spacial score (nSPS) is 48.3. The summed E-state index contributed by atoms with van der Waals surface area (Å²) in [6.45, 7) is 2.27. The SMILES string of the molecule is CC[C@@H]1CCC[C@H]2O[C@H]12. The molecule has 1 heterocycles. The highest BCUT2D eigenvalue weighted by Crippen LogP contribution is 2.41. The molecule has 9 heavy (non-hydrogen) atoms. The van der Waals surface area contributed by atoms with Gasteiger partial charge in [0.15, 0.2) is 0 Å². The van der Waals surface area contributed by atoms with E-state index >= 15 is 0 Å². The first kappa shape index (κ1) is 5.72. The molecule has 0 aromatic carbocycles. The smallest absolute Gasteiger partial charge is 0.0869 e. The third kappa shape index (κ3) is 0.877. The lowest BCUT2D eigenvalue weighted by atomic mass is 9.88. The zero-order chi connectivity index (χ0) is 6.27. The average molecular weight is 126 g/mol. The molecule has 0 radical (unpaired) electrons. The van der Waals surface area contributed by atoms with Gasteiger partial charge < -0.3 is 4.74 Å². The van der Waals surface area contributed by atoms with Crippen molar-refractivity contribution >= 4 is 0 Å². The highest BCUT2D eigenvalue weighted by atomic mass is 16.6. The molecule has 0 aromatic heterocycles. The predicted molar refractivity (Wildman–Crippen MR) is 36.3 cm³/mol. The molecule has 2 rings (SSSR count). The Labute approximate surface area is 56.4 Å². The lowest BCUT2D eigenvalue weighted by Gasteiger charge is -2.14. The van der Waals surface area contributed by atoms with Crippen LogP contribution in [-0.4, -0.2) is 12.2 Å². The van der Waals surface area contributed by atoms with Crippen LogP contribution < -0.4 is 0 Å². The Morgan fingerprint density at radius 2 is 2.33 bits per heavy atom. The summed E-state index contributed by atoms with van der Waals surface area (Å²) in [6.07, 6.45) is 6.84. The van der Waals surface area contributed by atoms with Crippen LogP contribution in [0.4, 0.5) is 0 Å². The first-order valence-corrected chi connectivity index (χ1v) is 4.07. The molecule has 0 aromatic rings. The van der Waals surface area contributed by atoms with Crippen LogP contribution >= 0.6 is 0 Å². The van der Waals surface area contributed by atoms with Crippen LogP contribution in [0.3, 0.4) is 0 Å². The van der Waals surface area contributed by atoms with Crippen molar-refractivity contribution < 1.29 is 4.74 Å². The van der Waals surface area contributed by atoms with E-state index in [0.29, 0.717) is 12.2 Å². The molecule has 0 spiro atoms. The summed E-state index contributed by atoms with van der Waals surface area (Å²) < 4.78 is 5.48. The first-order valence-electron chi connectivity index (χ1n) is 4.07. The summed E-state index contributed by atoms with van der Waals surface area (Å²) in [4.78, 5) is 0. The maximum Gasteiger partial charge on any atom is 0.0869 e. The molecule has 1 saturated carbocycles. The number of ether oxygens (including phenoxy) is 1. The second-order valence-corrected chi connectivity index (χ2v) is 3.24. The van der Waals surface area contributed by atoms with Crippen molar-refractivity contribution in [3.05, 3.63) is 0 Å². The van der Waals surface area contributed by atoms with E-state index in [4.69, 9.17) is 4.74 Å². The predicted octanol–water partition coefficient (Wildman–Crippen LogP) is 1.96. The molecule has 0 unspecified atom stereocenters. The molecule has 1 nitrogen and oxygen atoms in total. The van der Waals surface area contributed by atoms with Crippen LogP contribution in [-0.2, 0) is 4.74 Å². The van der Waals surface area contributed by atoms with Crippen molar-refractivity contribution in [3.8, 4) is 0 Å². The zero-order valence-corrected chi connectivity index (χ0v) is 5.97. The number of hydrogen-bond donors (Lipinski definition) is 0. The fourth-order valence-electron chi connectivity index (χ4n) is 1.99. The van der Waals surface area contributed by atoms with Crippen LogP contribution in [0.2, 0.25) is 0 Å². The number of rotatable bonds is 1. The quantitative estimate of drug-likeness (QED) is 0.489. The molecule has 1 aliphatic heterocycles. The van der Waals surface area contributed by atoms with E-state index in [9.17, 15) is 0 Å². The van der Waals surface area contributed by atoms with Gasteiger partial charge in [0, 0.05) is 0 Å². The molecule has 2 aliphatic rings. The second kappa shape index (κ2) is 1.98. The summed E-state index contributed by atoms with van der Waals surface area (Å²) in [5.74, 6) is 0.906. The van der Waals surface area contributed by atoms with Gasteiger partial charge in [0.2, 0.25) is 0 Å². The van der Waals surface area contributed by atoms with Gasteiger partial charge in [-0.2, -0.15) is 0 Å². The van der Waals surface area contributed by atoms with Gasteiger partial charge in [-0.25, -0.2) is 0 Å². The Morgan fingerprint density at radius 1 is 1.44 bits per heavy atom. The minimum Gasteiger partial charge on any atom is -0.369 e. The largest absolute Gasteiger partial charge is 0.369 e. The van der Waals surface area contributed by atoms with Crippen LogP contribution in [0.25, 0.3) is 0 Å². The molecule has 0 amide bonds. The van der Waals surface area contributed by atoms with Gasteiger partial charge in [0.25, 0.3) is 0 Å². The van der Waals surface area contributed by atoms with Crippen molar-refractivity contribution in [2.45, 2.75) is 44.8 Å². The van der Waals surface area contributed by atoms with Crippen molar-refractivity contribution in [2.75, 3.05) is 0 Å². The monoisotopic (exact) mass is 126 g/mol. The summed E-state index contributed by atoms with van der Waals surface area (Å²) in [5, 5.41) is 0. The third-order valence-corrected chi connectivity index (χ3v) is 2.67. The third-order valence-electron chi connectivity index (χ3n) is 2.67. The first-order chi connectivity index (χ1) is 4.42. The molecule has 3 atom stereocenters. The van der Waals surface area contributed by atoms with Gasteiger partial charge >= 0.3 is 0 Å². The van der Waals surface area contributed by atoms with Gasteiger partial charge in [-0.05, 0) is 18.8 Å². The highest BCUT2D eigenvalue weighted by molar-refractivity contribution is 4.93. The molecule has 2 fully saturated rings. The van der Waals surface area contributed by atoms with Crippen LogP contribution in [0.5, 0.6) is 0 Å². The summed E-state index contributed by atoms with van der Waals surface area (Å²) in [5.41, 5.74) is 0. The molecular formula is C8H14O. The Balaban J connectivity index is 1.93. The van der Waals surface area contributed by atoms with E-state index in [0.717, 1.165) is 5.92 Å². The molecular weight excluding hydrogens is 112 g/mol.